The highest BCUT2D eigenvalue weighted by atomic mass is 28.3. The fourth-order valence-corrected chi connectivity index (χ4v) is 7.25. The molecule has 2 heterocycles. The highest BCUT2D eigenvalue weighted by Crippen LogP contribution is 2.36. The van der Waals surface area contributed by atoms with Gasteiger partial charge in [-0.1, -0.05) is 66.8 Å². The normalized spacial score (nSPS) is 22.8. The van der Waals surface area contributed by atoms with E-state index in [1.54, 1.807) is 0 Å². The van der Waals surface area contributed by atoms with Crippen molar-refractivity contribution >= 4 is 31.0 Å². The first-order chi connectivity index (χ1) is 15.1. The lowest BCUT2D eigenvalue weighted by Gasteiger charge is -2.32. The molecule has 0 aliphatic carbocycles. The van der Waals surface area contributed by atoms with Gasteiger partial charge in [-0.3, -0.25) is 0 Å². The number of ether oxygens (including phenoxy) is 2. The predicted octanol–water partition coefficient (Wildman–Crippen LogP) is 3.85. The van der Waals surface area contributed by atoms with E-state index in [-0.39, 0.29) is 24.6 Å². The Morgan fingerprint density at radius 3 is 2.22 bits per heavy atom. The van der Waals surface area contributed by atoms with Crippen molar-refractivity contribution in [3.8, 4) is 0 Å². The Balaban J connectivity index is 1.51. The van der Waals surface area contributed by atoms with Gasteiger partial charge in [0.25, 0.3) is 0 Å². The first-order valence-electron chi connectivity index (χ1n) is 11.9. The van der Waals surface area contributed by atoms with Crippen LogP contribution >= 0.6 is 0 Å². The van der Waals surface area contributed by atoms with E-state index in [1.807, 2.05) is 0 Å². The van der Waals surface area contributed by atoms with Crippen LogP contribution in [0.3, 0.4) is 0 Å². The second kappa shape index (κ2) is 9.07. The summed E-state index contributed by atoms with van der Waals surface area (Å²) in [6.07, 6.45) is 3.24. The molecule has 0 spiro atoms. The van der Waals surface area contributed by atoms with Gasteiger partial charge in [0, 0.05) is 6.61 Å². The monoisotopic (exact) mass is 452 g/mol. The molecule has 2 aromatic carbocycles. The van der Waals surface area contributed by atoms with Crippen molar-refractivity contribution in [2.75, 3.05) is 6.61 Å². The third-order valence-corrected chi connectivity index (χ3v) is 11.0. The summed E-state index contributed by atoms with van der Waals surface area (Å²) >= 11 is 0. The van der Waals surface area contributed by atoms with E-state index >= 15 is 0 Å². The van der Waals surface area contributed by atoms with Crippen molar-refractivity contribution in [2.24, 2.45) is 0 Å². The predicted molar refractivity (Wildman–Crippen MR) is 134 cm³/mol. The largest absolute Gasteiger partial charge is 0.494 e. The van der Waals surface area contributed by atoms with Crippen molar-refractivity contribution in [3.05, 3.63) is 54.1 Å². The standard InChI is InChI=1S/C26H37BO4Si/c1-25(2)26(3,4)31-27(30-25)21-14-16-22(17-15-21)32(5,6)23-12-8-7-11-20(23)19-29-24-13-9-10-18-28-24/h7-8,11-12,14-17,24H,9-10,13,18-19H2,1-6H3/t24-/m0/s1. The average molecular weight is 452 g/mol. The molecule has 6 heteroatoms. The summed E-state index contributed by atoms with van der Waals surface area (Å²) < 4.78 is 24.4. The van der Waals surface area contributed by atoms with Crippen molar-refractivity contribution < 1.29 is 18.8 Å². The molecule has 2 fully saturated rings. The summed E-state index contributed by atoms with van der Waals surface area (Å²) in [5.41, 5.74) is 1.69. The van der Waals surface area contributed by atoms with E-state index < -0.39 is 8.07 Å². The number of benzene rings is 2. The third kappa shape index (κ3) is 4.75. The maximum atomic E-state index is 6.23. The molecule has 2 aromatic rings. The lowest BCUT2D eigenvalue weighted by atomic mass is 9.79. The van der Waals surface area contributed by atoms with E-state index in [0.717, 1.165) is 24.9 Å². The molecule has 2 saturated heterocycles. The zero-order valence-corrected chi connectivity index (χ0v) is 21.4. The lowest BCUT2D eigenvalue weighted by molar-refractivity contribution is -0.168. The van der Waals surface area contributed by atoms with Gasteiger partial charge in [-0.05, 0) is 63.2 Å². The fraction of sp³-hybridized carbons (Fsp3) is 0.538. The quantitative estimate of drug-likeness (QED) is 0.624. The van der Waals surface area contributed by atoms with Gasteiger partial charge < -0.3 is 18.8 Å². The molecule has 4 nitrogen and oxygen atoms in total. The van der Waals surface area contributed by atoms with Gasteiger partial charge in [-0.15, -0.1) is 0 Å². The van der Waals surface area contributed by atoms with Crippen LogP contribution in [0.4, 0.5) is 0 Å². The second-order valence-corrected chi connectivity index (χ2v) is 15.0. The lowest BCUT2D eigenvalue weighted by Crippen LogP contribution is -2.54. The van der Waals surface area contributed by atoms with Crippen LogP contribution in [-0.4, -0.2) is 39.3 Å². The number of hydrogen-bond donors (Lipinski definition) is 0. The summed E-state index contributed by atoms with van der Waals surface area (Å²) in [5, 5.41) is 2.80. The van der Waals surface area contributed by atoms with Gasteiger partial charge in [-0.2, -0.15) is 0 Å². The molecule has 32 heavy (non-hydrogen) atoms. The van der Waals surface area contributed by atoms with Crippen LogP contribution in [0.5, 0.6) is 0 Å². The zero-order chi connectivity index (χ0) is 23.0. The second-order valence-electron chi connectivity index (χ2n) is 10.6. The van der Waals surface area contributed by atoms with Gasteiger partial charge in [0.2, 0.25) is 0 Å². The summed E-state index contributed by atoms with van der Waals surface area (Å²) in [7, 11) is -2.23. The topological polar surface area (TPSA) is 36.9 Å². The summed E-state index contributed by atoms with van der Waals surface area (Å²) in [5.74, 6) is 0. The summed E-state index contributed by atoms with van der Waals surface area (Å²) in [6, 6.07) is 17.6. The van der Waals surface area contributed by atoms with Gasteiger partial charge >= 0.3 is 7.12 Å². The van der Waals surface area contributed by atoms with Crippen LogP contribution in [0.2, 0.25) is 13.1 Å². The number of hydrogen-bond acceptors (Lipinski definition) is 4. The van der Waals surface area contributed by atoms with Crippen LogP contribution in [0.25, 0.3) is 0 Å². The van der Waals surface area contributed by atoms with Gasteiger partial charge in [0.05, 0.1) is 17.8 Å². The van der Waals surface area contributed by atoms with E-state index in [2.05, 4.69) is 89.3 Å². The minimum atomic E-state index is -1.91. The Bertz CT molecular complexity index is 904. The molecule has 0 unspecified atom stereocenters. The average Bonchev–Trinajstić information content (AvgIpc) is 3.00. The summed E-state index contributed by atoms with van der Waals surface area (Å²) in [6.45, 7) is 14.6. The Kier molecular flexibility index (Phi) is 6.72. The van der Waals surface area contributed by atoms with Crippen molar-refractivity contribution in [3.63, 3.8) is 0 Å². The molecule has 0 saturated carbocycles. The molecule has 172 valence electrons. The maximum Gasteiger partial charge on any atom is 0.494 e. The first-order valence-corrected chi connectivity index (χ1v) is 14.9. The van der Waals surface area contributed by atoms with Gasteiger partial charge in [0.15, 0.2) is 6.29 Å². The highest BCUT2D eigenvalue weighted by Gasteiger charge is 2.51. The Hall–Kier alpha value is -1.44. The van der Waals surface area contributed by atoms with E-state index in [0.29, 0.717) is 6.61 Å². The smallest absolute Gasteiger partial charge is 0.399 e. The van der Waals surface area contributed by atoms with E-state index in [4.69, 9.17) is 18.8 Å². The first kappa shape index (κ1) is 23.7. The molecule has 0 aromatic heterocycles. The van der Waals surface area contributed by atoms with Crippen molar-refractivity contribution in [1.29, 1.82) is 0 Å². The zero-order valence-electron chi connectivity index (χ0n) is 20.4. The Morgan fingerprint density at radius 1 is 0.938 bits per heavy atom. The molecule has 0 N–H and O–H groups in total. The SMILES string of the molecule is CC1(C)OB(c2ccc([Si](C)(C)c3ccccc3CO[C@H]3CCCCO3)cc2)OC1(C)C. The van der Waals surface area contributed by atoms with Crippen LogP contribution in [0.15, 0.2) is 48.5 Å². The molecular weight excluding hydrogens is 415 g/mol. The molecule has 0 bridgehead atoms. The minimum Gasteiger partial charge on any atom is -0.399 e. The van der Waals surface area contributed by atoms with Crippen LogP contribution in [0, 0.1) is 0 Å². The van der Waals surface area contributed by atoms with E-state index in [9.17, 15) is 0 Å². The molecule has 0 radical (unpaired) electrons. The van der Waals surface area contributed by atoms with E-state index in [1.165, 1.54) is 22.4 Å². The van der Waals surface area contributed by atoms with Crippen LogP contribution in [0.1, 0.15) is 52.5 Å². The molecule has 0 amide bonds. The molecule has 2 aliphatic heterocycles. The molecule has 1 atom stereocenters. The van der Waals surface area contributed by atoms with Crippen LogP contribution < -0.4 is 15.8 Å². The van der Waals surface area contributed by atoms with Crippen LogP contribution in [-0.2, 0) is 25.4 Å². The maximum absolute atomic E-state index is 6.23. The fourth-order valence-electron chi connectivity index (χ4n) is 4.47. The Labute approximate surface area is 194 Å². The summed E-state index contributed by atoms with van der Waals surface area (Å²) in [4.78, 5) is 0. The minimum absolute atomic E-state index is 0.0687. The Morgan fingerprint density at radius 2 is 1.59 bits per heavy atom. The third-order valence-electron chi connectivity index (χ3n) is 7.41. The van der Waals surface area contributed by atoms with Crippen molar-refractivity contribution in [2.45, 2.75) is 84.2 Å². The highest BCUT2D eigenvalue weighted by molar-refractivity contribution is 7.00. The number of rotatable bonds is 6. The molecule has 4 rings (SSSR count). The van der Waals surface area contributed by atoms with Crippen molar-refractivity contribution in [1.82, 2.24) is 0 Å². The molecule has 2 aliphatic rings. The van der Waals surface area contributed by atoms with Gasteiger partial charge in [0.1, 0.15) is 8.07 Å². The molecular formula is C26H37BO4Si. The van der Waals surface area contributed by atoms with Gasteiger partial charge in [-0.25, -0.2) is 0 Å².